The molecule has 5 aromatic rings. The van der Waals surface area contributed by atoms with Crippen molar-refractivity contribution in [1.82, 2.24) is 20.1 Å². The number of carbonyl (C=O) groups excluding carboxylic acids is 1. The van der Waals surface area contributed by atoms with Gasteiger partial charge in [-0.25, -0.2) is 4.79 Å². The molecule has 1 unspecified atom stereocenters. The molecule has 1 heterocycles. The number of nitrogens with one attached hydrogen (secondary N) is 2. The fourth-order valence-electron chi connectivity index (χ4n) is 4.82. The Hall–Kier alpha value is -4.27. The number of urea groups is 1. The van der Waals surface area contributed by atoms with E-state index in [0.29, 0.717) is 46.2 Å². The van der Waals surface area contributed by atoms with Gasteiger partial charge in [0.15, 0.2) is 11.0 Å². The molecule has 0 radical (unpaired) electrons. The van der Waals surface area contributed by atoms with Crippen LogP contribution in [0.2, 0.25) is 5.02 Å². The Bertz CT molecular complexity index is 1690. The first kappa shape index (κ1) is 30.2. The third-order valence-electron chi connectivity index (χ3n) is 6.86. The van der Waals surface area contributed by atoms with Crippen molar-refractivity contribution < 1.29 is 9.53 Å². The number of nitrogens with zero attached hydrogens (tertiary/aromatic N) is 3. The topological polar surface area (TPSA) is 81.1 Å². The molecule has 0 aliphatic heterocycles. The molecule has 5 rings (SSSR count). The quantitative estimate of drug-likeness (QED) is 0.147. The van der Waals surface area contributed by atoms with Crippen molar-refractivity contribution in [3.05, 3.63) is 130 Å². The predicted octanol–water partition coefficient (Wildman–Crippen LogP) is 8.33. The molecule has 0 saturated carbocycles. The van der Waals surface area contributed by atoms with Gasteiger partial charge in [-0.15, -0.1) is 10.2 Å². The second kappa shape index (κ2) is 14.3. The van der Waals surface area contributed by atoms with Crippen LogP contribution in [0.15, 0.2) is 102 Å². The Morgan fingerprint density at radius 3 is 2.49 bits per heavy atom. The van der Waals surface area contributed by atoms with E-state index in [-0.39, 0.29) is 6.03 Å². The lowest BCUT2D eigenvalue weighted by Crippen LogP contribution is -2.35. The monoisotopic (exact) mass is 611 g/mol. The van der Waals surface area contributed by atoms with Gasteiger partial charge in [-0.2, -0.15) is 0 Å². The first-order chi connectivity index (χ1) is 20.9. The number of amides is 2. The molecular formula is C34H34ClN5O2S. The van der Waals surface area contributed by atoms with E-state index in [1.165, 1.54) is 11.1 Å². The fraction of sp³-hybridized carbons (Fsp3) is 0.206. The first-order valence-corrected chi connectivity index (χ1v) is 15.5. The van der Waals surface area contributed by atoms with Crippen molar-refractivity contribution in [2.45, 2.75) is 44.1 Å². The molecule has 2 N–H and O–H groups in total. The molecule has 0 saturated heterocycles. The Morgan fingerprint density at radius 2 is 1.70 bits per heavy atom. The lowest BCUT2D eigenvalue weighted by Gasteiger charge is -2.22. The molecule has 0 aliphatic rings. The second-order valence-electron chi connectivity index (χ2n) is 10.2. The summed E-state index contributed by atoms with van der Waals surface area (Å²) in [6.07, 6.45) is 0.502. The third kappa shape index (κ3) is 7.77. The molecule has 0 fully saturated rings. The van der Waals surface area contributed by atoms with Crippen molar-refractivity contribution in [3.8, 4) is 11.4 Å². The zero-order chi connectivity index (χ0) is 30.2. The number of anilines is 1. The number of carbonyl (C=O) groups is 1. The molecule has 2 amide bonds. The van der Waals surface area contributed by atoms with Crippen molar-refractivity contribution >= 4 is 35.1 Å². The van der Waals surface area contributed by atoms with Gasteiger partial charge < -0.3 is 15.4 Å². The third-order valence-corrected chi connectivity index (χ3v) is 8.09. The normalized spacial score (nSPS) is 11.6. The lowest BCUT2D eigenvalue weighted by atomic mass is 10.0. The highest BCUT2D eigenvalue weighted by Crippen LogP contribution is 2.32. The summed E-state index contributed by atoms with van der Waals surface area (Å²) >= 11 is 8.09. The van der Waals surface area contributed by atoms with Gasteiger partial charge in [-0.05, 0) is 61.7 Å². The van der Waals surface area contributed by atoms with E-state index in [0.717, 1.165) is 16.8 Å². The van der Waals surface area contributed by atoms with Gasteiger partial charge in [-0.3, -0.25) is 4.57 Å². The minimum atomic E-state index is -0.513. The zero-order valence-electron chi connectivity index (χ0n) is 24.4. The number of hydrogen-bond acceptors (Lipinski definition) is 5. The van der Waals surface area contributed by atoms with E-state index in [1.807, 2.05) is 91.2 Å². The molecule has 0 bridgehead atoms. The molecule has 7 nitrogen and oxygen atoms in total. The van der Waals surface area contributed by atoms with Crippen LogP contribution in [0.5, 0.6) is 5.75 Å². The number of benzene rings is 4. The standard InChI is InChI=1S/C34H34ClN5O2S/c1-4-42-31-16-9-8-15-28(31)36-33(41)37-29(20-25-12-6-5-7-13-25)32-38-39-34(43-22-26-14-10-11-23(2)19-26)40(32)30-21-27(35)18-17-24(30)3/h5-19,21,29H,4,20,22H2,1-3H3,(H2,36,37,41). The molecule has 1 aromatic heterocycles. The Kier molecular flexibility index (Phi) is 10.0. The summed E-state index contributed by atoms with van der Waals surface area (Å²) in [4.78, 5) is 13.5. The number of aryl methyl sites for hydroxylation is 2. The zero-order valence-corrected chi connectivity index (χ0v) is 26.0. The molecule has 1 atom stereocenters. The minimum absolute atomic E-state index is 0.376. The summed E-state index contributed by atoms with van der Waals surface area (Å²) < 4.78 is 7.73. The number of aromatic nitrogens is 3. The van der Waals surface area contributed by atoms with Crippen molar-refractivity contribution in [3.63, 3.8) is 0 Å². The Morgan fingerprint density at radius 1 is 0.930 bits per heavy atom. The van der Waals surface area contributed by atoms with E-state index in [4.69, 9.17) is 16.3 Å². The summed E-state index contributed by atoms with van der Waals surface area (Å²) in [7, 11) is 0. The largest absolute Gasteiger partial charge is 0.492 e. The predicted molar refractivity (Wildman–Crippen MR) is 174 cm³/mol. The number of ether oxygens (including phenoxy) is 1. The van der Waals surface area contributed by atoms with Gasteiger partial charge in [-0.1, -0.05) is 102 Å². The van der Waals surface area contributed by atoms with Gasteiger partial charge in [0.1, 0.15) is 5.75 Å². The minimum Gasteiger partial charge on any atom is -0.492 e. The number of halogens is 1. The van der Waals surface area contributed by atoms with Crippen molar-refractivity contribution in [1.29, 1.82) is 0 Å². The summed E-state index contributed by atoms with van der Waals surface area (Å²) in [5.41, 5.74) is 5.90. The molecule has 0 spiro atoms. The van der Waals surface area contributed by atoms with Crippen LogP contribution in [0.3, 0.4) is 0 Å². The summed E-state index contributed by atoms with van der Waals surface area (Å²) in [6.45, 7) is 6.51. The average Bonchev–Trinajstić information content (AvgIpc) is 3.42. The van der Waals surface area contributed by atoms with Crippen LogP contribution in [0.1, 0.15) is 41.0 Å². The van der Waals surface area contributed by atoms with Crippen molar-refractivity contribution in [2.24, 2.45) is 0 Å². The summed E-state index contributed by atoms with van der Waals surface area (Å²) in [5, 5.41) is 16.8. The summed E-state index contributed by atoms with van der Waals surface area (Å²) in [5.74, 6) is 1.92. The summed E-state index contributed by atoms with van der Waals surface area (Å²) in [6, 6.07) is 30.7. The van der Waals surface area contributed by atoms with Gasteiger partial charge in [0.05, 0.1) is 24.0 Å². The highest BCUT2D eigenvalue weighted by atomic mass is 35.5. The van der Waals surface area contributed by atoms with Gasteiger partial charge >= 0.3 is 6.03 Å². The maximum atomic E-state index is 13.5. The van der Waals surface area contributed by atoms with Crippen LogP contribution in [-0.4, -0.2) is 27.4 Å². The van der Waals surface area contributed by atoms with Crippen LogP contribution < -0.4 is 15.4 Å². The number of hydrogen-bond donors (Lipinski definition) is 2. The van der Waals surface area contributed by atoms with Crippen LogP contribution in [0.25, 0.3) is 5.69 Å². The smallest absolute Gasteiger partial charge is 0.319 e. The van der Waals surface area contributed by atoms with Crippen LogP contribution in [0.4, 0.5) is 10.5 Å². The van der Waals surface area contributed by atoms with Crippen LogP contribution in [-0.2, 0) is 12.2 Å². The second-order valence-corrected chi connectivity index (χ2v) is 11.5. The molecule has 4 aromatic carbocycles. The molecule has 43 heavy (non-hydrogen) atoms. The van der Waals surface area contributed by atoms with E-state index in [2.05, 4.69) is 52.0 Å². The van der Waals surface area contributed by atoms with E-state index < -0.39 is 6.04 Å². The highest BCUT2D eigenvalue weighted by molar-refractivity contribution is 7.98. The highest BCUT2D eigenvalue weighted by Gasteiger charge is 2.26. The first-order valence-electron chi connectivity index (χ1n) is 14.1. The number of thioether (sulfide) groups is 1. The van der Waals surface area contributed by atoms with E-state index in [1.54, 1.807) is 11.8 Å². The van der Waals surface area contributed by atoms with Crippen molar-refractivity contribution in [2.75, 3.05) is 11.9 Å². The maximum Gasteiger partial charge on any atom is 0.319 e. The maximum absolute atomic E-state index is 13.5. The Labute approximate surface area is 261 Å². The van der Waals surface area contributed by atoms with Gasteiger partial charge in [0.25, 0.3) is 0 Å². The molecule has 0 aliphatic carbocycles. The lowest BCUT2D eigenvalue weighted by molar-refractivity contribution is 0.247. The Balaban J connectivity index is 1.53. The van der Waals surface area contributed by atoms with Gasteiger partial charge in [0.2, 0.25) is 0 Å². The average molecular weight is 612 g/mol. The fourth-order valence-corrected chi connectivity index (χ4v) is 5.89. The number of rotatable bonds is 11. The molecule has 9 heteroatoms. The number of para-hydroxylation sites is 2. The van der Waals surface area contributed by atoms with E-state index >= 15 is 0 Å². The van der Waals surface area contributed by atoms with Crippen LogP contribution >= 0.6 is 23.4 Å². The van der Waals surface area contributed by atoms with Gasteiger partial charge in [0, 0.05) is 17.2 Å². The van der Waals surface area contributed by atoms with Crippen LogP contribution in [0, 0.1) is 13.8 Å². The molecular weight excluding hydrogens is 578 g/mol. The SMILES string of the molecule is CCOc1ccccc1NC(=O)NC(Cc1ccccc1)c1nnc(SCc2cccc(C)c2)n1-c1cc(Cl)ccc1C. The molecule has 220 valence electrons. The van der Waals surface area contributed by atoms with E-state index in [9.17, 15) is 4.79 Å².